The minimum atomic E-state index is -0.274. The van der Waals surface area contributed by atoms with E-state index in [0.29, 0.717) is 22.6 Å². The van der Waals surface area contributed by atoms with Crippen molar-refractivity contribution in [3.05, 3.63) is 130 Å². The molecule has 0 spiro atoms. The molecule has 0 bridgehead atoms. The zero-order valence-electron chi connectivity index (χ0n) is 23.9. The van der Waals surface area contributed by atoms with E-state index in [2.05, 4.69) is 22.5 Å². The van der Waals surface area contributed by atoms with Gasteiger partial charge in [0.25, 0.3) is 11.5 Å². The van der Waals surface area contributed by atoms with Crippen LogP contribution in [0.1, 0.15) is 41.3 Å². The average Bonchev–Trinajstić information content (AvgIpc) is 3.00. The number of hydrogen-bond acceptors (Lipinski definition) is 5. The topological polar surface area (TPSA) is 103 Å². The Bertz CT molecular complexity index is 1790. The Kier molecular flexibility index (Phi) is 8.43. The van der Waals surface area contributed by atoms with Crippen molar-refractivity contribution in [1.29, 1.82) is 0 Å². The van der Waals surface area contributed by atoms with Gasteiger partial charge in [-0.3, -0.25) is 9.59 Å². The first-order valence-corrected chi connectivity index (χ1v) is 14.0. The molecule has 3 aromatic carbocycles. The van der Waals surface area contributed by atoms with Crippen LogP contribution in [0.25, 0.3) is 22.4 Å². The van der Waals surface area contributed by atoms with Crippen LogP contribution in [0.4, 0.5) is 17.2 Å². The first kappa shape index (κ1) is 28.3. The first-order valence-electron chi connectivity index (χ1n) is 14.0. The Morgan fingerprint density at radius 1 is 0.976 bits per heavy atom. The van der Waals surface area contributed by atoms with E-state index in [1.807, 2.05) is 79.7 Å². The fourth-order valence-corrected chi connectivity index (χ4v) is 4.89. The maximum absolute atomic E-state index is 13.3. The molecule has 1 amide bonds. The molecular weight excluding hydrogens is 526 g/mol. The molecular formula is C34H33N5O3. The van der Waals surface area contributed by atoms with Gasteiger partial charge in [-0.05, 0) is 66.8 Å². The van der Waals surface area contributed by atoms with Gasteiger partial charge in [0, 0.05) is 47.4 Å². The highest BCUT2D eigenvalue weighted by atomic mass is 16.5. The lowest BCUT2D eigenvalue weighted by atomic mass is 10.0. The highest BCUT2D eigenvalue weighted by Crippen LogP contribution is 2.29. The monoisotopic (exact) mass is 559 g/mol. The Morgan fingerprint density at radius 2 is 1.76 bits per heavy atom. The standard InChI is InChI=1S/C34H33N5O3/c1-4-5-10-25-11-6-7-13-29(25)33(40)37-30-15-8-14-28(23(30)2)31-22-38(3)34(41)32(36-31)35-27-18-16-24(17-19-27)26-12-9-20-39(42)21-26/h6-9,11-22H,4-5,10H2,1-3H3,(H,35,36)(H,37,40). The largest absolute Gasteiger partial charge is 0.619 e. The third-order valence-corrected chi connectivity index (χ3v) is 7.25. The van der Waals surface area contributed by atoms with Gasteiger partial charge in [-0.1, -0.05) is 55.8 Å². The molecule has 0 fully saturated rings. The van der Waals surface area contributed by atoms with E-state index in [1.165, 1.54) is 17.0 Å². The third kappa shape index (κ3) is 6.23. The highest BCUT2D eigenvalue weighted by molar-refractivity contribution is 6.06. The van der Waals surface area contributed by atoms with Gasteiger partial charge < -0.3 is 20.4 Å². The van der Waals surface area contributed by atoms with Crippen molar-refractivity contribution >= 4 is 23.1 Å². The van der Waals surface area contributed by atoms with E-state index in [1.54, 1.807) is 19.3 Å². The van der Waals surface area contributed by atoms with Crippen LogP contribution in [0.2, 0.25) is 0 Å². The predicted molar refractivity (Wildman–Crippen MR) is 167 cm³/mol. The van der Waals surface area contributed by atoms with Crippen LogP contribution in [-0.2, 0) is 13.5 Å². The van der Waals surface area contributed by atoms with Crippen LogP contribution in [0.5, 0.6) is 0 Å². The molecule has 0 saturated heterocycles. The number of pyridine rings is 1. The second-order valence-corrected chi connectivity index (χ2v) is 10.2. The lowest BCUT2D eigenvalue weighted by molar-refractivity contribution is -0.604. The Balaban J connectivity index is 1.40. The molecule has 0 unspecified atom stereocenters. The third-order valence-electron chi connectivity index (χ3n) is 7.25. The number of carbonyl (C=O) groups excluding carboxylic acids is 1. The molecule has 0 atom stereocenters. The summed E-state index contributed by atoms with van der Waals surface area (Å²) < 4.78 is 2.25. The SMILES string of the molecule is CCCCc1ccccc1C(=O)Nc1cccc(-c2cn(C)c(=O)c(Nc3ccc(-c4ccc[n+]([O-])c4)cc3)n2)c1C. The van der Waals surface area contributed by atoms with Crippen molar-refractivity contribution in [3.8, 4) is 22.4 Å². The molecule has 5 aromatic rings. The molecule has 0 saturated carbocycles. The van der Waals surface area contributed by atoms with Crippen molar-refractivity contribution in [2.24, 2.45) is 7.05 Å². The highest BCUT2D eigenvalue weighted by Gasteiger charge is 2.16. The van der Waals surface area contributed by atoms with E-state index in [9.17, 15) is 14.8 Å². The van der Waals surface area contributed by atoms with Crippen LogP contribution < -0.4 is 20.9 Å². The predicted octanol–water partition coefficient (Wildman–Crippen LogP) is 6.39. The molecule has 0 aliphatic rings. The number of amides is 1. The van der Waals surface area contributed by atoms with Crippen molar-refractivity contribution in [1.82, 2.24) is 9.55 Å². The average molecular weight is 560 g/mol. The van der Waals surface area contributed by atoms with Crippen molar-refractivity contribution in [2.45, 2.75) is 33.1 Å². The zero-order valence-corrected chi connectivity index (χ0v) is 23.9. The van der Waals surface area contributed by atoms with Crippen molar-refractivity contribution in [3.63, 3.8) is 0 Å². The number of benzene rings is 3. The molecule has 2 heterocycles. The normalized spacial score (nSPS) is 10.8. The maximum atomic E-state index is 13.3. The fraction of sp³-hybridized carbons (Fsp3) is 0.176. The molecule has 8 nitrogen and oxygen atoms in total. The number of aryl methyl sites for hydroxylation is 2. The van der Waals surface area contributed by atoms with Gasteiger partial charge in [0.05, 0.1) is 5.69 Å². The quantitative estimate of drug-likeness (QED) is 0.161. The molecule has 212 valence electrons. The van der Waals surface area contributed by atoms with Crippen molar-refractivity contribution < 1.29 is 9.52 Å². The van der Waals surface area contributed by atoms with Crippen LogP contribution in [0.3, 0.4) is 0 Å². The zero-order chi connectivity index (χ0) is 29.6. The van der Waals surface area contributed by atoms with Crippen LogP contribution in [0, 0.1) is 12.1 Å². The summed E-state index contributed by atoms with van der Waals surface area (Å²) >= 11 is 0. The number of hydrogen-bond donors (Lipinski definition) is 2. The van der Waals surface area contributed by atoms with Crippen LogP contribution in [0.15, 0.2) is 102 Å². The smallest absolute Gasteiger partial charge is 0.293 e. The summed E-state index contributed by atoms with van der Waals surface area (Å²) in [6, 6.07) is 24.4. The number of carbonyl (C=O) groups is 1. The van der Waals surface area contributed by atoms with Gasteiger partial charge in [0.2, 0.25) is 0 Å². The number of unbranched alkanes of at least 4 members (excludes halogenated alkanes) is 1. The molecule has 42 heavy (non-hydrogen) atoms. The maximum Gasteiger partial charge on any atom is 0.293 e. The first-order chi connectivity index (χ1) is 20.3. The summed E-state index contributed by atoms with van der Waals surface area (Å²) in [5.74, 6) is 0.0281. The Labute approximate surface area is 244 Å². The number of nitrogens with one attached hydrogen (secondary N) is 2. The van der Waals surface area contributed by atoms with E-state index in [0.717, 1.165) is 51.8 Å². The summed E-state index contributed by atoms with van der Waals surface area (Å²) in [5.41, 5.74) is 6.72. The fourth-order valence-electron chi connectivity index (χ4n) is 4.89. The summed E-state index contributed by atoms with van der Waals surface area (Å²) in [7, 11) is 1.68. The summed E-state index contributed by atoms with van der Waals surface area (Å²) in [6.45, 7) is 4.07. The van der Waals surface area contributed by atoms with Crippen molar-refractivity contribution in [2.75, 3.05) is 10.6 Å². The minimum Gasteiger partial charge on any atom is -0.619 e. The molecule has 5 rings (SSSR count). The molecule has 8 heteroatoms. The molecule has 0 radical (unpaired) electrons. The summed E-state index contributed by atoms with van der Waals surface area (Å²) in [4.78, 5) is 30.9. The Morgan fingerprint density at radius 3 is 2.52 bits per heavy atom. The number of anilines is 3. The minimum absolute atomic E-state index is 0.151. The lowest BCUT2D eigenvalue weighted by Gasteiger charge is -2.15. The lowest BCUT2D eigenvalue weighted by Crippen LogP contribution is -2.23. The Hall–Kier alpha value is -5.24. The van der Waals surface area contributed by atoms with E-state index in [-0.39, 0.29) is 17.3 Å². The van der Waals surface area contributed by atoms with Gasteiger partial charge in [0.1, 0.15) is 0 Å². The van der Waals surface area contributed by atoms with Crippen LogP contribution in [-0.4, -0.2) is 15.5 Å². The van der Waals surface area contributed by atoms with Gasteiger partial charge in [0.15, 0.2) is 18.2 Å². The van der Waals surface area contributed by atoms with Gasteiger partial charge in [-0.2, -0.15) is 4.73 Å². The second kappa shape index (κ2) is 12.5. The molecule has 0 aliphatic heterocycles. The van der Waals surface area contributed by atoms with Gasteiger partial charge in [-0.25, -0.2) is 4.98 Å². The molecule has 2 N–H and O–H groups in total. The summed E-state index contributed by atoms with van der Waals surface area (Å²) in [6.07, 6.45) is 7.57. The van der Waals surface area contributed by atoms with Gasteiger partial charge >= 0.3 is 0 Å². The summed E-state index contributed by atoms with van der Waals surface area (Å²) in [5, 5.41) is 17.9. The second-order valence-electron chi connectivity index (χ2n) is 10.2. The van der Waals surface area contributed by atoms with E-state index in [4.69, 9.17) is 0 Å². The van der Waals surface area contributed by atoms with E-state index < -0.39 is 0 Å². The number of rotatable bonds is 9. The molecule has 2 aromatic heterocycles. The van der Waals surface area contributed by atoms with E-state index >= 15 is 0 Å². The number of nitrogens with zero attached hydrogens (tertiary/aromatic N) is 3. The number of aromatic nitrogens is 3. The van der Waals surface area contributed by atoms with Gasteiger partial charge in [-0.15, -0.1) is 0 Å². The molecule has 0 aliphatic carbocycles. The van der Waals surface area contributed by atoms with Crippen LogP contribution >= 0.6 is 0 Å².